The minimum Gasteiger partial charge on any atom is -0.328 e. The highest BCUT2D eigenvalue weighted by atomic mass is 16.1. The van der Waals surface area contributed by atoms with Crippen molar-refractivity contribution in [2.75, 3.05) is 0 Å². The van der Waals surface area contributed by atoms with Gasteiger partial charge in [-0.25, -0.2) is 0 Å². The molecule has 0 saturated heterocycles. The predicted octanol–water partition coefficient (Wildman–Crippen LogP) is 0.250. The second-order valence-corrected chi connectivity index (χ2v) is 1.80. The molecule has 1 rings (SSSR count). The first-order valence-electron chi connectivity index (χ1n) is 2.92. The molecule has 3 heteroatoms. The van der Waals surface area contributed by atoms with Crippen molar-refractivity contribution in [3.8, 4) is 17.9 Å². The number of rotatable bonds is 0. The van der Waals surface area contributed by atoms with Crippen molar-refractivity contribution >= 4 is 0 Å². The van der Waals surface area contributed by atoms with Crippen molar-refractivity contribution in [3.05, 3.63) is 34.2 Å². The maximum atomic E-state index is 10.5. The topological polar surface area (TPSA) is 56.6 Å². The fraction of sp³-hybridized carbons (Fsp3) is 0. The molecule has 0 fully saturated rings. The number of nitrogens with zero attached hydrogens (tertiary/aromatic N) is 1. The Balaban J connectivity index is 3.02. The van der Waals surface area contributed by atoms with E-state index < -0.39 is 0 Å². The zero-order valence-corrected chi connectivity index (χ0v) is 5.59. The molecule has 0 aliphatic rings. The zero-order valence-electron chi connectivity index (χ0n) is 5.59. The van der Waals surface area contributed by atoms with Crippen LogP contribution in [0, 0.1) is 23.2 Å². The van der Waals surface area contributed by atoms with Crippen LogP contribution in [0.3, 0.4) is 0 Å². The van der Waals surface area contributed by atoms with E-state index in [1.807, 2.05) is 0 Å². The summed E-state index contributed by atoms with van der Waals surface area (Å²) in [5.74, 6) is 4.76. The summed E-state index contributed by atoms with van der Waals surface area (Å²) in [6.07, 6.45) is 1.46. The lowest BCUT2D eigenvalue weighted by Crippen LogP contribution is -2.01. The van der Waals surface area contributed by atoms with Gasteiger partial charge >= 0.3 is 0 Å². The summed E-state index contributed by atoms with van der Waals surface area (Å²) in [5.41, 5.74) is 0.457. The van der Waals surface area contributed by atoms with E-state index in [0.717, 1.165) is 0 Å². The van der Waals surface area contributed by atoms with Gasteiger partial charge in [-0.05, 0) is 12.0 Å². The van der Waals surface area contributed by atoms with E-state index >= 15 is 0 Å². The SMILES string of the molecule is N#CC#Cc1ccc(=O)[nH]c1. The Kier molecular flexibility index (Phi) is 2.09. The van der Waals surface area contributed by atoms with Gasteiger partial charge in [0.25, 0.3) is 0 Å². The summed E-state index contributed by atoms with van der Waals surface area (Å²) < 4.78 is 0. The Hall–Kier alpha value is -2.00. The minimum atomic E-state index is -0.174. The molecule has 11 heavy (non-hydrogen) atoms. The van der Waals surface area contributed by atoms with Crippen molar-refractivity contribution < 1.29 is 0 Å². The van der Waals surface area contributed by atoms with E-state index in [4.69, 9.17) is 5.26 Å². The highest BCUT2D eigenvalue weighted by Gasteiger charge is 1.83. The largest absolute Gasteiger partial charge is 0.328 e. The van der Waals surface area contributed by atoms with Crippen molar-refractivity contribution in [1.82, 2.24) is 4.98 Å². The lowest BCUT2D eigenvalue weighted by atomic mass is 10.3. The molecule has 3 nitrogen and oxygen atoms in total. The van der Waals surface area contributed by atoms with Crippen LogP contribution in [-0.4, -0.2) is 4.98 Å². The predicted molar refractivity (Wildman–Crippen MR) is 39.6 cm³/mol. The molecule has 1 heterocycles. The summed E-state index contributed by atoms with van der Waals surface area (Å²) >= 11 is 0. The van der Waals surface area contributed by atoms with E-state index in [1.165, 1.54) is 12.3 Å². The van der Waals surface area contributed by atoms with Crippen LogP contribution in [0.1, 0.15) is 5.56 Å². The number of hydrogen-bond acceptors (Lipinski definition) is 2. The summed E-state index contributed by atoms with van der Waals surface area (Å²) in [4.78, 5) is 13.0. The molecule has 0 saturated carbocycles. The van der Waals surface area contributed by atoms with E-state index in [0.29, 0.717) is 5.56 Å². The highest BCUT2D eigenvalue weighted by Crippen LogP contribution is 1.87. The third-order valence-corrected chi connectivity index (χ3v) is 1.05. The van der Waals surface area contributed by atoms with Gasteiger partial charge in [0.2, 0.25) is 5.56 Å². The molecule has 0 radical (unpaired) electrons. The zero-order chi connectivity index (χ0) is 8.10. The fourth-order valence-corrected chi connectivity index (χ4v) is 0.588. The Morgan fingerprint density at radius 3 is 2.82 bits per heavy atom. The van der Waals surface area contributed by atoms with Crippen LogP contribution in [0.4, 0.5) is 0 Å². The van der Waals surface area contributed by atoms with Crippen molar-refractivity contribution in [2.45, 2.75) is 0 Å². The van der Waals surface area contributed by atoms with Gasteiger partial charge < -0.3 is 4.98 Å². The monoisotopic (exact) mass is 144 g/mol. The third kappa shape index (κ3) is 2.00. The molecule has 0 atom stereocenters. The minimum absolute atomic E-state index is 0.174. The molecule has 0 aliphatic heterocycles. The van der Waals surface area contributed by atoms with Gasteiger partial charge in [-0.1, -0.05) is 0 Å². The summed E-state index contributed by atoms with van der Waals surface area (Å²) in [6.45, 7) is 0. The lowest BCUT2D eigenvalue weighted by molar-refractivity contribution is 1.23. The molecule has 0 bridgehead atoms. The molecule has 0 aromatic carbocycles. The van der Waals surface area contributed by atoms with Crippen LogP contribution < -0.4 is 5.56 Å². The lowest BCUT2D eigenvalue weighted by Gasteiger charge is -1.84. The maximum Gasteiger partial charge on any atom is 0.247 e. The molecule has 1 aromatic rings. The molecule has 0 unspecified atom stereocenters. The Bertz CT molecular complexity index is 380. The van der Waals surface area contributed by atoms with E-state index in [2.05, 4.69) is 16.8 Å². The number of H-pyrrole nitrogens is 1. The highest BCUT2D eigenvalue weighted by molar-refractivity contribution is 5.35. The molecular formula is C8H4N2O. The van der Waals surface area contributed by atoms with E-state index in [1.54, 1.807) is 12.1 Å². The number of hydrogen-bond donors (Lipinski definition) is 1. The molecule has 0 aliphatic carbocycles. The average molecular weight is 144 g/mol. The molecule has 1 N–H and O–H groups in total. The molecule has 52 valence electrons. The first-order valence-corrected chi connectivity index (χ1v) is 2.92. The van der Waals surface area contributed by atoms with Crippen molar-refractivity contribution in [3.63, 3.8) is 0 Å². The number of nitrogens with one attached hydrogen (secondary N) is 1. The number of pyridine rings is 1. The van der Waals surface area contributed by atoms with Gasteiger partial charge in [-0.2, -0.15) is 5.26 Å². The van der Waals surface area contributed by atoms with Crippen LogP contribution in [0.25, 0.3) is 0 Å². The van der Waals surface area contributed by atoms with Gasteiger partial charge in [0.05, 0.1) is 0 Å². The smallest absolute Gasteiger partial charge is 0.247 e. The van der Waals surface area contributed by atoms with Gasteiger partial charge in [0, 0.05) is 23.7 Å². The van der Waals surface area contributed by atoms with E-state index in [9.17, 15) is 4.79 Å². The van der Waals surface area contributed by atoms with E-state index in [-0.39, 0.29) is 5.56 Å². The van der Waals surface area contributed by atoms with Gasteiger partial charge in [-0.3, -0.25) is 4.79 Å². The van der Waals surface area contributed by atoms with Crippen LogP contribution >= 0.6 is 0 Å². The van der Waals surface area contributed by atoms with Crippen molar-refractivity contribution in [2.24, 2.45) is 0 Å². The van der Waals surface area contributed by atoms with Crippen LogP contribution in [0.2, 0.25) is 0 Å². The number of aromatic nitrogens is 1. The summed E-state index contributed by atoms with van der Waals surface area (Å²) in [5, 5.41) is 8.09. The second kappa shape index (κ2) is 3.24. The van der Waals surface area contributed by atoms with Crippen molar-refractivity contribution in [1.29, 1.82) is 5.26 Å². The summed E-state index contributed by atoms with van der Waals surface area (Å²) in [6, 6.07) is 4.60. The first kappa shape index (κ1) is 7.11. The number of aromatic amines is 1. The van der Waals surface area contributed by atoms with Crippen LogP contribution in [0.5, 0.6) is 0 Å². The standard InChI is InChI=1S/C8H4N2O/c9-5-1-2-7-3-4-8(11)10-6-7/h3-4,6H,(H,10,11). The molecule has 0 amide bonds. The average Bonchev–Trinajstić information content (AvgIpc) is 2.04. The van der Waals surface area contributed by atoms with Crippen LogP contribution in [0.15, 0.2) is 23.1 Å². The fourth-order valence-electron chi connectivity index (χ4n) is 0.588. The van der Waals surface area contributed by atoms with Crippen LogP contribution in [-0.2, 0) is 0 Å². The normalized spacial score (nSPS) is 7.55. The second-order valence-electron chi connectivity index (χ2n) is 1.80. The molecule has 1 aromatic heterocycles. The molecule has 0 spiro atoms. The Labute approximate surface area is 63.3 Å². The Morgan fingerprint density at radius 2 is 2.27 bits per heavy atom. The first-order chi connectivity index (χ1) is 5.33. The Morgan fingerprint density at radius 1 is 1.45 bits per heavy atom. The van der Waals surface area contributed by atoms with Gasteiger partial charge in [0.1, 0.15) is 0 Å². The maximum absolute atomic E-state index is 10.5. The quantitative estimate of drug-likeness (QED) is 0.530. The third-order valence-electron chi connectivity index (χ3n) is 1.05. The van der Waals surface area contributed by atoms with Gasteiger partial charge in [-0.15, -0.1) is 0 Å². The number of nitriles is 1. The summed E-state index contributed by atoms with van der Waals surface area (Å²) in [7, 11) is 0. The molecular weight excluding hydrogens is 140 g/mol. The van der Waals surface area contributed by atoms with Gasteiger partial charge in [0.15, 0.2) is 6.07 Å².